The summed E-state index contributed by atoms with van der Waals surface area (Å²) in [6.07, 6.45) is -0.618. The number of likely N-dealkylation sites (N-methyl/N-ethyl adjacent to an activating group) is 1. The largest absolute Gasteiger partial charge is 0.445 e. The fraction of sp³-hybridized carbons (Fsp3) is 0.385. The first-order chi connectivity index (χ1) is 8.45. The van der Waals surface area contributed by atoms with E-state index in [4.69, 9.17) is 4.74 Å². The Balaban J connectivity index is 2.45. The molecule has 98 valence electrons. The summed E-state index contributed by atoms with van der Waals surface area (Å²) in [5, 5.41) is 4.98. The average molecular weight is 250 g/mol. The van der Waals surface area contributed by atoms with Gasteiger partial charge in [-0.15, -0.1) is 0 Å². The van der Waals surface area contributed by atoms with Crippen molar-refractivity contribution in [2.24, 2.45) is 0 Å². The second-order valence-corrected chi connectivity index (χ2v) is 4.39. The van der Waals surface area contributed by atoms with E-state index in [0.717, 1.165) is 5.56 Å². The molecule has 0 aliphatic carbocycles. The molecule has 0 atom stereocenters. The van der Waals surface area contributed by atoms with E-state index in [1.54, 1.807) is 13.8 Å². The maximum Gasteiger partial charge on any atom is 0.408 e. The molecule has 1 rings (SSSR count). The van der Waals surface area contributed by atoms with Gasteiger partial charge in [-0.3, -0.25) is 4.79 Å². The average Bonchev–Trinajstić information content (AvgIpc) is 2.36. The highest BCUT2D eigenvalue weighted by molar-refractivity contribution is 5.88. The third-order valence-electron chi connectivity index (χ3n) is 2.42. The molecule has 0 aliphatic heterocycles. The maximum absolute atomic E-state index is 11.5. The molecule has 0 fully saturated rings. The Labute approximate surface area is 107 Å². The first kappa shape index (κ1) is 14.0. The zero-order valence-electron chi connectivity index (χ0n) is 10.8. The van der Waals surface area contributed by atoms with Gasteiger partial charge in [0.1, 0.15) is 12.1 Å². The van der Waals surface area contributed by atoms with Gasteiger partial charge < -0.3 is 15.4 Å². The van der Waals surface area contributed by atoms with Crippen molar-refractivity contribution in [2.75, 3.05) is 7.05 Å². The second kappa shape index (κ2) is 6.05. The van der Waals surface area contributed by atoms with Crippen LogP contribution in [0, 0.1) is 0 Å². The summed E-state index contributed by atoms with van der Waals surface area (Å²) in [5.74, 6) is -0.279. The van der Waals surface area contributed by atoms with Gasteiger partial charge in [0.15, 0.2) is 0 Å². The van der Waals surface area contributed by atoms with E-state index in [1.165, 1.54) is 7.05 Å². The number of alkyl carbamates (subject to hydrolysis) is 1. The molecule has 2 N–H and O–H groups in total. The van der Waals surface area contributed by atoms with Crippen LogP contribution in [0.1, 0.15) is 19.4 Å². The predicted octanol–water partition coefficient (Wildman–Crippen LogP) is 1.44. The molecule has 1 aromatic rings. The summed E-state index contributed by atoms with van der Waals surface area (Å²) >= 11 is 0. The zero-order chi connectivity index (χ0) is 13.6. The Morgan fingerprint density at radius 3 is 2.39 bits per heavy atom. The van der Waals surface area contributed by atoms with Crippen LogP contribution in [0.3, 0.4) is 0 Å². The van der Waals surface area contributed by atoms with Crippen LogP contribution in [0.5, 0.6) is 0 Å². The number of benzene rings is 1. The molecule has 5 heteroatoms. The minimum Gasteiger partial charge on any atom is -0.445 e. The molecule has 1 aromatic carbocycles. The number of amides is 2. The van der Waals surface area contributed by atoms with E-state index >= 15 is 0 Å². The number of hydrogen-bond acceptors (Lipinski definition) is 3. The lowest BCUT2D eigenvalue weighted by Gasteiger charge is -2.23. The van der Waals surface area contributed by atoms with Crippen LogP contribution in [0.15, 0.2) is 30.3 Å². The topological polar surface area (TPSA) is 67.4 Å². The third-order valence-corrected chi connectivity index (χ3v) is 2.42. The Kier molecular flexibility index (Phi) is 4.71. The Morgan fingerprint density at radius 2 is 1.83 bits per heavy atom. The molecule has 0 saturated heterocycles. The molecule has 0 spiro atoms. The highest BCUT2D eigenvalue weighted by atomic mass is 16.5. The first-order valence-corrected chi connectivity index (χ1v) is 5.67. The van der Waals surface area contributed by atoms with Crippen LogP contribution < -0.4 is 10.6 Å². The van der Waals surface area contributed by atoms with Crippen molar-refractivity contribution in [3.63, 3.8) is 0 Å². The fourth-order valence-electron chi connectivity index (χ4n) is 1.38. The van der Waals surface area contributed by atoms with Crippen molar-refractivity contribution in [2.45, 2.75) is 26.0 Å². The van der Waals surface area contributed by atoms with Gasteiger partial charge in [0.2, 0.25) is 5.91 Å². The van der Waals surface area contributed by atoms with Crippen molar-refractivity contribution in [1.82, 2.24) is 10.6 Å². The van der Waals surface area contributed by atoms with E-state index in [0.29, 0.717) is 0 Å². The SMILES string of the molecule is CNC(=O)C(C)(C)NC(=O)OCc1ccccc1. The summed E-state index contributed by atoms with van der Waals surface area (Å²) in [6, 6.07) is 9.34. The van der Waals surface area contributed by atoms with Crippen molar-refractivity contribution >= 4 is 12.0 Å². The minimum atomic E-state index is -0.997. The second-order valence-electron chi connectivity index (χ2n) is 4.39. The predicted molar refractivity (Wildman–Crippen MR) is 67.9 cm³/mol. The smallest absolute Gasteiger partial charge is 0.408 e. The number of rotatable bonds is 4. The molecule has 5 nitrogen and oxygen atoms in total. The van der Waals surface area contributed by atoms with Crippen LogP contribution in [0.4, 0.5) is 4.79 Å². The first-order valence-electron chi connectivity index (χ1n) is 5.67. The molecule has 0 aliphatic rings. The van der Waals surface area contributed by atoms with Crippen LogP contribution in [-0.2, 0) is 16.1 Å². The summed E-state index contributed by atoms with van der Waals surface area (Å²) < 4.78 is 5.03. The van der Waals surface area contributed by atoms with Gasteiger partial charge in [-0.1, -0.05) is 30.3 Å². The van der Waals surface area contributed by atoms with Gasteiger partial charge in [0.25, 0.3) is 0 Å². The Morgan fingerprint density at radius 1 is 1.22 bits per heavy atom. The third kappa shape index (κ3) is 4.08. The molecule has 0 aromatic heterocycles. The molecular formula is C13H18N2O3. The van der Waals surface area contributed by atoms with Crippen molar-refractivity contribution < 1.29 is 14.3 Å². The molecule has 18 heavy (non-hydrogen) atoms. The summed E-state index contributed by atoms with van der Waals surface area (Å²) in [6.45, 7) is 3.39. The Bertz CT molecular complexity index is 416. The van der Waals surface area contributed by atoms with Gasteiger partial charge in [0, 0.05) is 7.05 Å². The summed E-state index contributed by atoms with van der Waals surface area (Å²) in [7, 11) is 1.51. The lowest BCUT2D eigenvalue weighted by atomic mass is 10.1. The van der Waals surface area contributed by atoms with Crippen LogP contribution in [-0.4, -0.2) is 24.6 Å². The lowest BCUT2D eigenvalue weighted by molar-refractivity contribution is -0.125. The number of carbonyl (C=O) groups is 2. The normalized spacial score (nSPS) is 10.6. The standard InChI is InChI=1S/C13H18N2O3/c1-13(2,11(16)14-3)15-12(17)18-9-10-7-5-4-6-8-10/h4-8H,9H2,1-3H3,(H,14,16)(H,15,17). The van der Waals surface area contributed by atoms with E-state index < -0.39 is 11.6 Å². The molecule has 0 bridgehead atoms. The van der Waals surface area contributed by atoms with E-state index in [2.05, 4.69) is 10.6 Å². The number of carbonyl (C=O) groups excluding carboxylic acids is 2. The van der Waals surface area contributed by atoms with Crippen LogP contribution in [0.25, 0.3) is 0 Å². The van der Waals surface area contributed by atoms with Gasteiger partial charge in [0.05, 0.1) is 0 Å². The van der Waals surface area contributed by atoms with Crippen molar-refractivity contribution in [1.29, 1.82) is 0 Å². The van der Waals surface area contributed by atoms with Gasteiger partial charge >= 0.3 is 6.09 Å². The molecule has 2 amide bonds. The molecular weight excluding hydrogens is 232 g/mol. The summed E-state index contributed by atoms with van der Waals surface area (Å²) in [4.78, 5) is 23.0. The quantitative estimate of drug-likeness (QED) is 0.849. The minimum absolute atomic E-state index is 0.177. The van der Waals surface area contributed by atoms with Gasteiger partial charge in [-0.2, -0.15) is 0 Å². The van der Waals surface area contributed by atoms with Gasteiger partial charge in [-0.25, -0.2) is 4.79 Å². The van der Waals surface area contributed by atoms with Crippen molar-refractivity contribution in [3.05, 3.63) is 35.9 Å². The number of ether oxygens (including phenoxy) is 1. The summed E-state index contributed by atoms with van der Waals surface area (Å²) in [5.41, 5.74) is -0.104. The highest BCUT2D eigenvalue weighted by Gasteiger charge is 2.28. The van der Waals surface area contributed by atoms with E-state index in [1.807, 2.05) is 30.3 Å². The zero-order valence-corrected chi connectivity index (χ0v) is 10.8. The molecule has 0 heterocycles. The monoisotopic (exact) mass is 250 g/mol. The van der Waals surface area contributed by atoms with E-state index in [-0.39, 0.29) is 12.5 Å². The highest BCUT2D eigenvalue weighted by Crippen LogP contribution is 2.04. The van der Waals surface area contributed by atoms with Gasteiger partial charge in [-0.05, 0) is 19.4 Å². The number of hydrogen-bond donors (Lipinski definition) is 2. The van der Waals surface area contributed by atoms with Crippen LogP contribution in [0.2, 0.25) is 0 Å². The number of nitrogens with one attached hydrogen (secondary N) is 2. The molecule has 0 unspecified atom stereocenters. The fourth-order valence-corrected chi connectivity index (χ4v) is 1.38. The molecule has 0 radical (unpaired) electrons. The van der Waals surface area contributed by atoms with Crippen LogP contribution >= 0.6 is 0 Å². The maximum atomic E-state index is 11.5. The van der Waals surface area contributed by atoms with Crippen molar-refractivity contribution in [3.8, 4) is 0 Å². The van der Waals surface area contributed by atoms with E-state index in [9.17, 15) is 9.59 Å². The molecule has 0 saturated carbocycles. The lowest BCUT2D eigenvalue weighted by Crippen LogP contribution is -2.54. The Hall–Kier alpha value is -2.04.